The predicted molar refractivity (Wildman–Crippen MR) is 115 cm³/mol. The van der Waals surface area contributed by atoms with Crippen LogP contribution in [-0.4, -0.2) is 12.5 Å². The Hall–Kier alpha value is -3.43. The third kappa shape index (κ3) is 5.53. The number of benzene rings is 3. The molecule has 4 nitrogen and oxygen atoms in total. The van der Waals surface area contributed by atoms with Crippen molar-refractivity contribution in [1.29, 1.82) is 5.26 Å². The Bertz CT molecular complexity index is 1090. The van der Waals surface area contributed by atoms with Gasteiger partial charge in [-0.1, -0.05) is 42.5 Å². The minimum absolute atomic E-state index is 0.151. The second kappa shape index (κ2) is 9.67. The molecule has 0 unspecified atom stereocenters. The number of anilines is 1. The monoisotopic (exact) mass is 450 g/mol. The summed E-state index contributed by atoms with van der Waals surface area (Å²) in [5, 5.41) is 12.1. The quantitative estimate of drug-likeness (QED) is 0.388. The van der Waals surface area contributed by atoms with Gasteiger partial charge >= 0.3 is 0 Å². The molecule has 1 N–H and O–H groups in total. The van der Waals surface area contributed by atoms with Gasteiger partial charge in [-0.15, -0.1) is 0 Å². The van der Waals surface area contributed by atoms with Crippen LogP contribution in [0.2, 0.25) is 0 Å². The summed E-state index contributed by atoms with van der Waals surface area (Å²) in [6, 6.07) is 22.4. The fraction of sp³-hybridized carbons (Fsp3) is 0.0435. The van der Waals surface area contributed by atoms with Crippen molar-refractivity contribution in [3.63, 3.8) is 0 Å². The number of ether oxygens (including phenoxy) is 1. The van der Waals surface area contributed by atoms with Gasteiger partial charge in [0.1, 0.15) is 11.6 Å². The number of amides is 1. The second-order valence-corrected chi connectivity index (χ2v) is 6.90. The summed E-state index contributed by atoms with van der Waals surface area (Å²) in [4.78, 5) is 12.0. The first-order valence-corrected chi connectivity index (χ1v) is 9.50. The van der Waals surface area contributed by atoms with E-state index in [-0.39, 0.29) is 23.7 Å². The number of carbonyl (C=O) groups excluding carboxylic acids is 1. The first kappa shape index (κ1) is 20.3. The Morgan fingerprint density at radius 3 is 2.52 bits per heavy atom. The summed E-state index contributed by atoms with van der Waals surface area (Å²) < 4.78 is 20.1. The second-order valence-electron chi connectivity index (χ2n) is 6.04. The highest BCUT2D eigenvalue weighted by atomic mass is 79.9. The number of nitrogens with one attached hydrogen (secondary N) is 1. The van der Waals surface area contributed by atoms with Crippen LogP contribution in [0.3, 0.4) is 0 Å². The summed E-state index contributed by atoms with van der Waals surface area (Å²) in [5.41, 5.74) is 1.84. The zero-order valence-electron chi connectivity index (χ0n) is 15.2. The van der Waals surface area contributed by atoms with Crippen LogP contribution >= 0.6 is 15.9 Å². The van der Waals surface area contributed by atoms with Crippen LogP contribution in [0.1, 0.15) is 11.1 Å². The maximum absolute atomic E-state index is 13.9. The Labute approximate surface area is 176 Å². The summed E-state index contributed by atoms with van der Waals surface area (Å²) in [5.74, 6) is -0.253. The highest BCUT2D eigenvalue weighted by Crippen LogP contribution is 2.28. The highest BCUT2D eigenvalue weighted by molar-refractivity contribution is 9.10. The number of rotatable bonds is 6. The number of carbonyl (C=O) groups is 1. The van der Waals surface area contributed by atoms with Crippen LogP contribution in [0, 0.1) is 17.1 Å². The lowest BCUT2D eigenvalue weighted by atomic mass is 10.0. The minimum atomic E-state index is -0.455. The molecular formula is C23H16BrFN2O2. The van der Waals surface area contributed by atoms with Crippen molar-refractivity contribution in [2.75, 3.05) is 11.9 Å². The third-order valence-electron chi connectivity index (χ3n) is 3.97. The van der Waals surface area contributed by atoms with Crippen molar-refractivity contribution >= 4 is 39.2 Å². The lowest BCUT2D eigenvalue weighted by Gasteiger charge is -2.10. The lowest BCUT2D eigenvalue weighted by Crippen LogP contribution is -2.20. The van der Waals surface area contributed by atoms with Gasteiger partial charge in [0, 0.05) is 11.3 Å². The van der Waals surface area contributed by atoms with Crippen molar-refractivity contribution in [3.8, 4) is 11.8 Å². The van der Waals surface area contributed by atoms with E-state index in [0.717, 1.165) is 0 Å². The summed E-state index contributed by atoms with van der Waals surface area (Å²) >= 11 is 3.40. The van der Waals surface area contributed by atoms with Gasteiger partial charge in [0.2, 0.25) is 0 Å². The van der Waals surface area contributed by atoms with Crippen LogP contribution in [0.25, 0.3) is 11.6 Å². The Balaban J connectivity index is 1.69. The summed E-state index contributed by atoms with van der Waals surface area (Å²) in [6.45, 7) is -0.151. The van der Waals surface area contributed by atoms with Crippen molar-refractivity contribution in [1.82, 2.24) is 0 Å². The van der Waals surface area contributed by atoms with E-state index < -0.39 is 5.82 Å². The molecule has 0 atom stereocenters. The number of halogens is 2. The molecule has 144 valence electrons. The fourth-order valence-corrected chi connectivity index (χ4v) is 3.11. The summed E-state index contributed by atoms with van der Waals surface area (Å²) in [6.07, 6.45) is 1.59. The zero-order valence-corrected chi connectivity index (χ0v) is 16.8. The zero-order chi connectivity index (χ0) is 20.6. The van der Waals surface area contributed by atoms with Crippen LogP contribution in [0.4, 0.5) is 10.1 Å². The van der Waals surface area contributed by atoms with Gasteiger partial charge in [-0.25, -0.2) is 4.39 Å². The molecule has 0 saturated carbocycles. The standard InChI is InChI=1S/C23H16BrFN2O2/c24-20-13-16(12-17(14-26)19-8-4-5-9-21(19)25)10-11-22(20)29-15-23(28)27-18-6-2-1-3-7-18/h1-13H,15H2,(H,27,28)/b17-12-. The van der Waals surface area contributed by atoms with Gasteiger partial charge in [0.05, 0.1) is 16.1 Å². The van der Waals surface area contributed by atoms with Crippen LogP contribution in [0.15, 0.2) is 77.3 Å². The SMILES string of the molecule is N#C/C(=C/c1ccc(OCC(=O)Nc2ccccc2)c(Br)c1)c1ccccc1F. The van der Waals surface area contributed by atoms with Crippen LogP contribution in [0.5, 0.6) is 5.75 Å². The van der Waals surface area contributed by atoms with E-state index in [0.29, 0.717) is 21.5 Å². The molecule has 0 aliphatic heterocycles. The van der Waals surface area contributed by atoms with Gasteiger partial charge in [-0.05, 0) is 57.9 Å². The molecule has 3 aromatic carbocycles. The van der Waals surface area contributed by atoms with E-state index in [4.69, 9.17) is 4.74 Å². The van der Waals surface area contributed by atoms with Crippen LogP contribution in [-0.2, 0) is 4.79 Å². The molecule has 0 saturated heterocycles. The largest absolute Gasteiger partial charge is 0.483 e. The smallest absolute Gasteiger partial charge is 0.262 e. The lowest BCUT2D eigenvalue weighted by molar-refractivity contribution is -0.118. The fourth-order valence-electron chi connectivity index (χ4n) is 2.60. The Morgan fingerprint density at radius 1 is 1.10 bits per heavy atom. The van der Waals surface area contributed by atoms with E-state index in [9.17, 15) is 14.4 Å². The number of nitrogens with zero attached hydrogens (tertiary/aromatic N) is 1. The molecule has 29 heavy (non-hydrogen) atoms. The maximum Gasteiger partial charge on any atom is 0.262 e. The maximum atomic E-state index is 13.9. The number of para-hydroxylation sites is 1. The molecule has 1 amide bonds. The van der Waals surface area contributed by atoms with Crippen molar-refractivity contribution in [2.45, 2.75) is 0 Å². The van der Waals surface area contributed by atoms with E-state index >= 15 is 0 Å². The molecule has 0 radical (unpaired) electrons. The average molecular weight is 451 g/mol. The Kier molecular flexibility index (Phi) is 6.77. The first-order chi connectivity index (χ1) is 14.1. The summed E-state index contributed by atoms with van der Waals surface area (Å²) in [7, 11) is 0. The number of hydrogen-bond acceptors (Lipinski definition) is 3. The van der Waals surface area contributed by atoms with Crippen LogP contribution < -0.4 is 10.1 Å². The van der Waals surface area contributed by atoms with E-state index in [2.05, 4.69) is 21.2 Å². The van der Waals surface area contributed by atoms with Gasteiger partial charge < -0.3 is 10.1 Å². The Morgan fingerprint density at radius 2 is 1.83 bits per heavy atom. The molecule has 0 heterocycles. The molecule has 0 aliphatic rings. The number of hydrogen-bond donors (Lipinski definition) is 1. The van der Waals surface area contributed by atoms with Crippen molar-refractivity contribution in [3.05, 3.63) is 94.2 Å². The molecule has 0 spiro atoms. The third-order valence-corrected chi connectivity index (χ3v) is 4.59. The van der Waals surface area contributed by atoms with Gasteiger partial charge in [-0.2, -0.15) is 5.26 Å². The molecule has 0 aromatic heterocycles. The molecule has 6 heteroatoms. The van der Waals surface area contributed by atoms with Crippen molar-refractivity contribution in [2.24, 2.45) is 0 Å². The number of allylic oxidation sites excluding steroid dienone is 1. The number of nitriles is 1. The molecular weight excluding hydrogens is 435 g/mol. The van der Waals surface area contributed by atoms with E-state index in [1.807, 2.05) is 24.3 Å². The van der Waals surface area contributed by atoms with Gasteiger partial charge in [-0.3, -0.25) is 4.79 Å². The van der Waals surface area contributed by atoms with Gasteiger partial charge in [0.15, 0.2) is 6.61 Å². The van der Waals surface area contributed by atoms with Gasteiger partial charge in [0.25, 0.3) is 5.91 Å². The molecule has 0 aliphatic carbocycles. The molecule has 0 fully saturated rings. The highest BCUT2D eigenvalue weighted by Gasteiger charge is 2.09. The molecule has 3 aromatic rings. The van der Waals surface area contributed by atoms with E-state index in [1.54, 1.807) is 54.6 Å². The van der Waals surface area contributed by atoms with E-state index in [1.165, 1.54) is 6.07 Å². The topological polar surface area (TPSA) is 62.1 Å². The van der Waals surface area contributed by atoms with Crippen molar-refractivity contribution < 1.29 is 13.9 Å². The molecule has 3 rings (SSSR count). The predicted octanol–water partition coefficient (Wildman–Crippen LogP) is 5.67. The molecule has 0 bridgehead atoms. The minimum Gasteiger partial charge on any atom is -0.483 e. The average Bonchev–Trinajstić information content (AvgIpc) is 2.73. The normalized spacial score (nSPS) is 10.9. The first-order valence-electron chi connectivity index (χ1n) is 8.71.